The summed E-state index contributed by atoms with van der Waals surface area (Å²) in [6, 6.07) is 8.63. The number of ether oxygens (including phenoxy) is 2. The fourth-order valence-corrected chi connectivity index (χ4v) is 1.96. The third-order valence-electron chi connectivity index (χ3n) is 3.14. The van der Waals surface area contributed by atoms with Crippen molar-refractivity contribution in [2.75, 3.05) is 6.61 Å². The van der Waals surface area contributed by atoms with Crippen molar-refractivity contribution in [2.45, 2.75) is 18.9 Å². The zero-order chi connectivity index (χ0) is 14.6. The molecule has 0 saturated carbocycles. The minimum Gasteiger partial charge on any atom is -0.486 e. The van der Waals surface area contributed by atoms with Crippen molar-refractivity contribution in [2.24, 2.45) is 0 Å². The van der Waals surface area contributed by atoms with Crippen LogP contribution < -0.4 is 0 Å². The molecule has 0 aromatic heterocycles. The average molecular weight is 272 g/mol. The molecule has 2 rings (SSSR count). The summed E-state index contributed by atoms with van der Waals surface area (Å²) in [5.41, 5.74) is -0.108. The first-order chi connectivity index (χ1) is 9.57. The molecule has 0 bridgehead atoms. The third kappa shape index (κ3) is 2.79. The lowest BCUT2D eigenvalue weighted by atomic mass is 9.94. The van der Waals surface area contributed by atoms with Crippen molar-refractivity contribution >= 4 is 11.8 Å². The molecule has 0 fully saturated rings. The molecule has 20 heavy (non-hydrogen) atoms. The second-order valence-corrected chi connectivity index (χ2v) is 4.76. The molecule has 4 heteroatoms. The van der Waals surface area contributed by atoms with Crippen LogP contribution in [0.15, 0.2) is 54.8 Å². The van der Waals surface area contributed by atoms with Crippen molar-refractivity contribution < 1.29 is 19.1 Å². The van der Waals surface area contributed by atoms with Gasteiger partial charge < -0.3 is 9.47 Å². The third-order valence-corrected chi connectivity index (χ3v) is 3.14. The number of carbonyl (C=O) groups is 2. The second kappa shape index (κ2) is 5.74. The number of hydrogen-bond donors (Lipinski definition) is 0. The molecule has 1 atom stereocenters. The highest BCUT2D eigenvalue weighted by atomic mass is 16.5. The van der Waals surface area contributed by atoms with Crippen LogP contribution in [0.3, 0.4) is 0 Å². The summed E-state index contributed by atoms with van der Waals surface area (Å²) in [6.45, 7) is 5.21. The van der Waals surface area contributed by atoms with Gasteiger partial charge in [-0.1, -0.05) is 24.3 Å². The molecule has 1 aliphatic rings. The van der Waals surface area contributed by atoms with E-state index in [2.05, 4.69) is 6.58 Å². The monoisotopic (exact) mass is 272 g/mol. The van der Waals surface area contributed by atoms with Crippen LogP contribution in [-0.4, -0.2) is 24.0 Å². The predicted octanol–water partition coefficient (Wildman–Crippen LogP) is 2.66. The second-order valence-electron chi connectivity index (χ2n) is 4.76. The SMILES string of the molecule is C=CCC1(C)OC=C(COC(=O)c2ccccc2)C1=O. The van der Waals surface area contributed by atoms with Gasteiger partial charge in [-0.25, -0.2) is 4.79 Å². The molecule has 0 saturated heterocycles. The summed E-state index contributed by atoms with van der Waals surface area (Å²) in [6.07, 6.45) is 3.41. The molecular formula is C16H16O4. The fraction of sp³-hybridized carbons (Fsp3) is 0.250. The van der Waals surface area contributed by atoms with E-state index in [9.17, 15) is 9.59 Å². The number of rotatable bonds is 5. The van der Waals surface area contributed by atoms with Crippen LogP contribution in [0.4, 0.5) is 0 Å². The van der Waals surface area contributed by atoms with Gasteiger partial charge in [-0.3, -0.25) is 4.79 Å². The molecule has 0 N–H and O–H groups in total. The Morgan fingerprint density at radius 2 is 2.10 bits per heavy atom. The van der Waals surface area contributed by atoms with Gasteiger partial charge in [-0.05, 0) is 19.1 Å². The van der Waals surface area contributed by atoms with E-state index in [0.29, 0.717) is 17.6 Å². The molecule has 0 aliphatic carbocycles. The van der Waals surface area contributed by atoms with Gasteiger partial charge in [0.05, 0.1) is 17.4 Å². The topological polar surface area (TPSA) is 52.6 Å². The number of benzene rings is 1. The number of carbonyl (C=O) groups excluding carboxylic acids is 2. The maximum absolute atomic E-state index is 12.1. The highest BCUT2D eigenvalue weighted by molar-refractivity contribution is 6.04. The Kier molecular flexibility index (Phi) is 4.03. The molecule has 1 heterocycles. The van der Waals surface area contributed by atoms with Gasteiger partial charge >= 0.3 is 5.97 Å². The molecule has 1 unspecified atom stereocenters. The van der Waals surface area contributed by atoms with Gasteiger partial charge in [0.15, 0.2) is 5.60 Å². The zero-order valence-electron chi connectivity index (χ0n) is 11.3. The van der Waals surface area contributed by atoms with Crippen LogP contribution in [0.2, 0.25) is 0 Å². The standard InChI is InChI=1S/C16H16O4/c1-3-9-16(2)14(17)13(11-20-16)10-19-15(18)12-7-5-4-6-8-12/h3-8,11H,1,9-10H2,2H3. The lowest BCUT2D eigenvalue weighted by molar-refractivity contribution is -0.128. The maximum atomic E-state index is 12.1. The molecule has 0 amide bonds. The van der Waals surface area contributed by atoms with E-state index in [1.54, 1.807) is 37.3 Å². The lowest BCUT2D eigenvalue weighted by Crippen LogP contribution is -2.33. The van der Waals surface area contributed by atoms with E-state index in [1.165, 1.54) is 6.26 Å². The minimum absolute atomic E-state index is 0.0840. The number of esters is 1. The summed E-state index contributed by atoms with van der Waals surface area (Å²) >= 11 is 0. The molecule has 1 aromatic carbocycles. The molecule has 1 aliphatic heterocycles. The van der Waals surface area contributed by atoms with Crippen LogP contribution in [-0.2, 0) is 14.3 Å². The zero-order valence-corrected chi connectivity index (χ0v) is 11.3. The Morgan fingerprint density at radius 3 is 2.75 bits per heavy atom. The van der Waals surface area contributed by atoms with Gasteiger partial charge in [0, 0.05) is 6.42 Å². The summed E-state index contributed by atoms with van der Waals surface area (Å²) in [4.78, 5) is 23.9. The van der Waals surface area contributed by atoms with Gasteiger partial charge in [0.1, 0.15) is 6.61 Å². The first-order valence-electron chi connectivity index (χ1n) is 6.31. The Balaban J connectivity index is 1.94. The molecular weight excluding hydrogens is 256 g/mol. The van der Waals surface area contributed by atoms with Gasteiger partial charge in [0.25, 0.3) is 0 Å². The lowest BCUT2D eigenvalue weighted by Gasteiger charge is -2.20. The number of Topliss-reactive ketones (excluding diaryl/α,β-unsaturated/α-hetero) is 1. The largest absolute Gasteiger partial charge is 0.486 e. The Bertz CT molecular complexity index is 559. The van der Waals surface area contributed by atoms with E-state index in [-0.39, 0.29) is 12.4 Å². The Morgan fingerprint density at radius 1 is 1.40 bits per heavy atom. The van der Waals surface area contributed by atoms with Crippen molar-refractivity contribution in [1.29, 1.82) is 0 Å². The Labute approximate surface area is 117 Å². The summed E-state index contributed by atoms with van der Waals surface area (Å²) < 4.78 is 10.5. The quantitative estimate of drug-likeness (QED) is 0.611. The molecule has 104 valence electrons. The molecule has 4 nitrogen and oxygen atoms in total. The summed E-state index contributed by atoms with van der Waals surface area (Å²) in [5.74, 6) is -0.630. The number of hydrogen-bond acceptors (Lipinski definition) is 4. The van der Waals surface area contributed by atoms with Crippen LogP contribution in [0.25, 0.3) is 0 Å². The van der Waals surface area contributed by atoms with E-state index in [1.807, 2.05) is 6.07 Å². The van der Waals surface area contributed by atoms with Crippen molar-refractivity contribution in [3.8, 4) is 0 Å². The Hall–Kier alpha value is -2.36. The van der Waals surface area contributed by atoms with Gasteiger partial charge in [0.2, 0.25) is 5.78 Å². The molecule has 0 spiro atoms. The van der Waals surface area contributed by atoms with Crippen LogP contribution in [0, 0.1) is 0 Å². The van der Waals surface area contributed by atoms with Gasteiger partial charge in [-0.15, -0.1) is 6.58 Å². The van der Waals surface area contributed by atoms with E-state index < -0.39 is 11.6 Å². The normalized spacial score (nSPS) is 21.1. The maximum Gasteiger partial charge on any atom is 0.338 e. The average Bonchev–Trinajstić information content (AvgIpc) is 2.74. The van der Waals surface area contributed by atoms with Crippen LogP contribution in [0.5, 0.6) is 0 Å². The van der Waals surface area contributed by atoms with E-state index >= 15 is 0 Å². The smallest absolute Gasteiger partial charge is 0.338 e. The van der Waals surface area contributed by atoms with Crippen LogP contribution in [0.1, 0.15) is 23.7 Å². The summed E-state index contributed by atoms with van der Waals surface area (Å²) in [5, 5.41) is 0. The molecule has 0 radical (unpaired) electrons. The van der Waals surface area contributed by atoms with Crippen LogP contribution >= 0.6 is 0 Å². The van der Waals surface area contributed by atoms with Crippen molar-refractivity contribution in [3.05, 3.63) is 60.4 Å². The minimum atomic E-state index is -0.920. The number of ketones is 1. The first kappa shape index (κ1) is 14.1. The van der Waals surface area contributed by atoms with E-state index in [0.717, 1.165) is 0 Å². The first-order valence-corrected chi connectivity index (χ1v) is 6.31. The van der Waals surface area contributed by atoms with Gasteiger partial charge in [-0.2, -0.15) is 0 Å². The highest BCUT2D eigenvalue weighted by Gasteiger charge is 2.40. The van der Waals surface area contributed by atoms with Crippen molar-refractivity contribution in [1.82, 2.24) is 0 Å². The predicted molar refractivity (Wildman–Crippen MR) is 74.1 cm³/mol. The summed E-state index contributed by atoms with van der Waals surface area (Å²) in [7, 11) is 0. The van der Waals surface area contributed by atoms with E-state index in [4.69, 9.17) is 9.47 Å². The molecule has 1 aromatic rings. The van der Waals surface area contributed by atoms with Crippen molar-refractivity contribution in [3.63, 3.8) is 0 Å². The fourth-order valence-electron chi connectivity index (χ4n) is 1.96. The highest BCUT2D eigenvalue weighted by Crippen LogP contribution is 2.28.